The van der Waals surface area contributed by atoms with Crippen molar-refractivity contribution in [1.29, 1.82) is 0 Å². The maximum absolute atomic E-state index is 12.6. The van der Waals surface area contributed by atoms with Gasteiger partial charge in [0.1, 0.15) is 5.76 Å². The quantitative estimate of drug-likeness (QED) is 0.540. The predicted octanol–water partition coefficient (Wildman–Crippen LogP) is 4.66. The molecule has 0 bridgehead atoms. The Labute approximate surface area is 156 Å². The second-order valence-electron chi connectivity index (χ2n) is 6.58. The predicted molar refractivity (Wildman–Crippen MR) is 100 cm³/mol. The van der Waals surface area contributed by atoms with Crippen LogP contribution in [0.15, 0.2) is 65.1 Å². The lowest BCUT2D eigenvalue weighted by Crippen LogP contribution is -2.30. The molecule has 1 aromatic heterocycles. The zero-order valence-electron chi connectivity index (χ0n) is 14.6. The maximum atomic E-state index is 12.6. The lowest BCUT2D eigenvalue weighted by molar-refractivity contribution is -0.384. The van der Waals surface area contributed by atoms with Gasteiger partial charge in [0.05, 0.1) is 11.0 Å². The zero-order chi connectivity index (χ0) is 18.8. The average Bonchev–Trinajstić information content (AvgIpc) is 3.19. The van der Waals surface area contributed by atoms with Crippen LogP contribution in [0.5, 0.6) is 0 Å². The summed E-state index contributed by atoms with van der Waals surface area (Å²) in [6, 6.07) is 17.5. The number of nitro groups is 1. The molecule has 1 heterocycles. The summed E-state index contributed by atoms with van der Waals surface area (Å²) in [5, 5.41) is 13.8. The Morgan fingerprint density at radius 1 is 1.07 bits per heavy atom. The van der Waals surface area contributed by atoms with Crippen molar-refractivity contribution in [2.24, 2.45) is 0 Å². The highest BCUT2D eigenvalue weighted by molar-refractivity contribution is 5.92. The molecule has 6 heteroatoms. The number of nitrogens with one attached hydrogen (secondary N) is 1. The van der Waals surface area contributed by atoms with E-state index in [1.165, 1.54) is 23.3 Å². The topological polar surface area (TPSA) is 85.4 Å². The molecular formula is C21H18N2O4. The molecule has 0 radical (unpaired) electrons. The van der Waals surface area contributed by atoms with Gasteiger partial charge in [-0.3, -0.25) is 14.9 Å². The molecule has 1 atom stereocenters. The van der Waals surface area contributed by atoms with Crippen LogP contribution in [0.1, 0.15) is 40.6 Å². The van der Waals surface area contributed by atoms with Crippen LogP contribution in [0.25, 0.3) is 11.3 Å². The van der Waals surface area contributed by atoms with Gasteiger partial charge in [-0.05, 0) is 54.7 Å². The number of aryl methyl sites for hydroxylation is 1. The molecule has 1 aliphatic rings. The largest absolute Gasteiger partial charge is 0.451 e. The Morgan fingerprint density at radius 2 is 1.85 bits per heavy atom. The number of hydrogen-bond acceptors (Lipinski definition) is 4. The number of nitrogens with zero attached hydrogens (tertiary/aromatic N) is 1. The van der Waals surface area contributed by atoms with Crippen molar-refractivity contribution in [2.75, 3.05) is 0 Å². The third kappa shape index (κ3) is 3.46. The molecule has 0 fully saturated rings. The summed E-state index contributed by atoms with van der Waals surface area (Å²) in [5.74, 6) is 0.468. The minimum absolute atomic E-state index is 0.0132. The maximum Gasteiger partial charge on any atom is 0.287 e. The van der Waals surface area contributed by atoms with Crippen molar-refractivity contribution in [3.63, 3.8) is 0 Å². The van der Waals surface area contributed by atoms with Crippen molar-refractivity contribution in [3.05, 3.63) is 87.7 Å². The van der Waals surface area contributed by atoms with Crippen molar-refractivity contribution in [2.45, 2.75) is 25.3 Å². The normalized spacial score (nSPS) is 15.8. The van der Waals surface area contributed by atoms with Gasteiger partial charge in [0, 0.05) is 17.7 Å². The number of non-ortho nitro benzene ring substituents is 1. The Bertz CT molecular complexity index is 991. The highest BCUT2D eigenvalue weighted by Gasteiger charge is 2.23. The Hall–Kier alpha value is -3.41. The minimum atomic E-state index is -0.452. The number of furan rings is 1. The van der Waals surface area contributed by atoms with E-state index in [2.05, 4.69) is 17.4 Å². The monoisotopic (exact) mass is 362 g/mol. The molecule has 6 nitrogen and oxygen atoms in total. The first-order valence-electron chi connectivity index (χ1n) is 8.85. The smallest absolute Gasteiger partial charge is 0.287 e. The van der Waals surface area contributed by atoms with E-state index in [-0.39, 0.29) is 23.4 Å². The zero-order valence-corrected chi connectivity index (χ0v) is 14.6. The van der Waals surface area contributed by atoms with Crippen LogP contribution in [0.3, 0.4) is 0 Å². The number of nitro benzene ring substituents is 1. The average molecular weight is 362 g/mol. The summed E-state index contributed by atoms with van der Waals surface area (Å²) < 4.78 is 5.68. The summed E-state index contributed by atoms with van der Waals surface area (Å²) in [6.07, 6.45) is 2.97. The minimum Gasteiger partial charge on any atom is -0.451 e. The van der Waals surface area contributed by atoms with E-state index in [1.54, 1.807) is 24.3 Å². The van der Waals surface area contributed by atoms with Crippen LogP contribution in [0.2, 0.25) is 0 Å². The number of benzene rings is 2. The molecule has 0 saturated heterocycles. The molecule has 1 aliphatic carbocycles. The number of fused-ring (bicyclic) bond motifs is 1. The van der Waals surface area contributed by atoms with Gasteiger partial charge < -0.3 is 9.73 Å². The fraction of sp³-hybridized carbons (Fsp3) is 0.190. The van der Waals surface area contributed by atoms with Crippen LogP contribution in [0.4, 0.5) is 5.69 Å². The second-order valence-corrected chi connectivity index (χ2v) is 6.58. The molecule has 4 rings (SSSR count). The van der Waals surface area contributed by atoms with Crippen LogP contribution in [-0.4, -0.2) is 10.8 Å². The molecule has 0 spiro atoms. The highest BCUT2D eigenvalue weighted by atomic mass is 16.6. The van der Waals surface area contributed by atoms with Crippen LogP contribution in [0, 0.1) is 10.1 Å². The Morgan fingerprint density at radius 3 is 2.63 bits per heavy atom. The molecule has 1 N–H and O–H groups in total. The summed E-state index contributed by atoms with van der Waals surface area (Å²) in [5.41, 5.74) is 3.14. The first-order valence-corrected chi connectivity index (χ1v) is 8.85. The second kappa shape index (κ2) is 7.07. The van der Waals surface area contributed by atoms with Gasteiger partial charge in [0.2, 0.25) is 0 Å². The van der Waals surface area contributed by atoms with E-state index in [1.807, 2.05) is 12.1 Å². The van der Waals surface area contributed by atoms with Gasteiger partial charge in [-0.2, -0.15) is 0 Å². The number of carbonyl (C=O) groups is 1. The summed E-state index contributed by atoms with van der Waals surface area (Å²) in [4.78, 5) is 22.9. The first kappa shape index (κ1) is 17.0. The molecular weight excluding hydrogens is 344 g/mol. The van der Waals surface area contributed by atoms with Crippen molar-refractivity contribution in [3.8, 4) is 11.3 Å². The number of hydrogen-bond donors (Lipinski definition) is 1. The number of carbonyl (C=O) groups excluding carboxylic acids is 1. The summed E-state index contributed by atoms with van der Waals surface area (Å²) in [6.45, 7) is 0. The van der Waals surface area contributed by atoms with Gasteiger partial charge in [-0.1, -0.05) is 24.3 Å². The molecule has 3 aromatic rings. The van der Waals surface area contributed by atoms with Gasteiger partial charge >= 0.3 is 0 Å². The summed E-state index contributed by atoms with van der Waals surface area (Å²) >= 11 is 0. The molecule has 27 heavy (non-hydrogen) atoms. The van der Waals surface area contributed by atoms with E-state index in [4.69, 9.17) is 4.42 Å². The van der Waals surface area contributed by atoms with Crippen molar-refractivity contribution < 1.29 is 14.1 Å². The van der Waals surface area contributed by atoms with E-state index in [9.17, 15) is 14.9 Å². The number of rotatable bonds is 4. The third-order valence-electron chi connectivity index (χ3n) is 4.87. The van der Waals surface area contributed by atoms with E-state index < -0.39 is 4.92 Å². The van der Waals surface area contributed by atoms with Crippen molar-refractivity contribution >= 4 is 11.6 Å². The van der Waals surface area contributed by atoms with Gasteiger partial charge in [0.15, 0.2) is 5.76 Å². The molecule has 1 amide bonds. The van der Waals surface area contributed by atoms with Crippen LogP contribution < -0.4 is 5.32 Å². The molecule has 0 saturated carbocycles. The third-order valence-corrected chi connectivity index (χ3v) is 4.87. The summed E-state index contributed by atoms with van der Waals surface area (Å²) in [7, 11) is 0. The SMILES string of the molecule is O=C(N[C@H]1CCCc2ccccc21)c1ccc(-c2ccc([N+](=O)[O-])cc2)o1. The standard InChI is InChI=1S/C21H18N2O4/c24-21(22-18-7-3-5-14-4-1-2-6-17(14)18)20-13-12-19(27-20)15-8-10-16(11-9-15)23(25)26/h1-2,4,6,8-13,18H,3,5,7H2,(H,22,24)/t18-/m0/s1. The van der Waals surface area contributed by atoms with Crippen LogP contribution >= 0.6 is 0 Å². The highest BCUT2D eigenvalue weighted by Crippen LogP contribution is 2.30. The van der Waals surface area contributed by atoms with Gasteiger partial charge in [-0.15, -0.1) is 0 Å². The van der Waals surface area contributed by atoms with E-state index in [0.29, 0.717) is 11.3 Å². The van der Waals surface area contributed by atoms with Crippen molar-refractivity contribution in [1.82, 2.24) is 5.32 Å². The lowest BCUT2D eigenvalue weighted by atomic mass is 9.88. The molecule has 0 unspecified atom stereocenters. The molecule has 0 aliphatic heterocycles. The lowest BCUT2D eigenvalue weighted by Gasteiger charge is -2.25. The number of amides is 1. The Kier molecular flexibility index (Phi) is 4.46. The van der Waals surface area contributed by atoms with Gasteiger partial charge in [-0.25, -0.2) is 0 Å². The first-order chi connectivity index (χ1) is 13.1. The molecule has 136 valence electrons. The van der Waals surface area contributed by atoms with E-state index in [0.717, 1.165) is 19.3 Å². The fourth-order valence-electron chi connectivity index (χ4n) is 3.50. The Balaban J connectivity index is 1.50. The van der Waals surface area contributed by atoms with E-state index >= 15 is 0 Å². The van der Waals surface area contributed by atoms with Crippen LogP contribution in [-0.2, 0) is 6.42 Å². The molecule has 2 aromatic carbocycles. The fourth-order valence-corrected chi connectivity index (χ4v) is 3.50. The van der Waals surface area contributed by atoms with Gasteiger partial charge in [0.25, 0.3) is 11.6 Å².